The molecule has 1 rings (SSSR count). The maximum absolute atomic E-state index is 11.5. The number of nitrogens with zero attached hydrogens (tertiary/aromatic N) is 1. The molecule has 1 aromatic rings. The minimum Gasteiger partial charge on any atom is -0.388 e. The largest absolute Gasteiger partial charge is 0.388 e. The average molecular weight is 255 g/mol. The molecule has 0 aliphatic carbocycles. The Balaban J connectivity index is 2.62. The fourth-order valence-corrected chi connectivity index (χ4v) is 2.05. The highest BCUT2D eigenvalue weighted by molar-refractivity contribution is 7.89. The molecule has 0 aliphatic rings. The highest BCUT2D eigenvalue weighted by Crippen LogP contribution is 2.04. The van der Waals surface area contributed by atoms with Gasteiger partial charge in [-0.2, -0.15) is 0 Å². The summed E-state index contributed by atoms with van der Waals surface area (Å²) in [5.74, 6) is -0.302. The van der Waals surface area contributed by atoms with Gasteiger partial charge in [-0.25, -0.2) is 12.7 Å². The van der Waals surface area contributed by atoms with Crippen LogP contribution in [-0.4, -0.2) is 43.8 Å². The molecule has 0 heterocycles. The predicted molar refractivity (Wildman–Crippen MR) is 69.0 cm³/mol. The third kappa shape index (κ3) is 4.68. The van der Waals surface area contributed by atoms with E-state index in [0.717, 1.165) is 9.87 Å². The molecule has 4 nitrogen and oxygen atoms in total. The summed E-state index contributed by atoms with van der Waals surface area (Å²) in [6.07, 6.45) is 2.19. The van der Waals surface area contributed by atoms with Crippen LogP contribution < -0.4 is 0 Å². The molecule has 0 fully saturated rings. The molecule has 0 saturated carbocycles. The first kappa shape index (κ1) is 13.9. The van der Waals surface area contributed by atoms with Crippen LogP contribution in [0.5, 0.6) is 0 Å². The monoisotopic (exact) mass is 255 g/mol. The Morgan fingerprint density at radius 3 is 2.41 bits per heavy atom. The summed E-state index contributed by atoms with van der Waals surface area (Å²) in [4.78, 5) is 0. The standard InChI is InChI=1S/C12H17NO3S/c1-13(2)17(15,16)10-12(14)9-8-11-6-4-3-5-7-11/h3-9,12,14H,10H2,1-2H3/b9-8+. The first-order valence-electron chi connectivity index (χ1n) is 5.23. The zero-order chi connectivity index (χ0) is 12.9. The molecule has 1 aromatic carbocycles. The molecule has 94 valence electrons. The van der Waals surface area contributed by atoms with E-state index in [4.69, 9.17) is 0 Å². The van der Waals surface area contributed by atoms with Gasteiger partial charge in [-0.05, 0) is 5.56 Å². The van der Waals surface area contributed by atoms with Gasteiger partial charge in [-0.15, -0.1) is 0 Å². The molecular formula is C12H17NO3S. The van der Waals surface area contributed by atoms with Crippen LogP contribution in [-0.2, 0) is 10.0 Å². The van der Waals surface area contributed by atoms with Crippen LogP contribution in [0, 0.1) is 0 Å². The Labute approximate surface area is 102 Å². The number of aliphatic hydroxyl groups excluding tert-OH is 1. The summed E-state index contributed by atoms with van der Waals surface area (Å²) in [7, 11) is -0.475. The lowest BCUT2D eigenvalue weighted by atomic mass is 10.2. The van der Waals surface area contributed by atoms with E-state index in [0.29, 0.717) is 0 Å². The minimum atomic E-state index is -3.37. The van der Waals surface area contributed by atoms with Crippen LogP contribution in [0.1, 0.15) is 5.56 Å². The molecule has 0 aromatic heterocycles. The van der Waals surface area contributed by atoms with E-state index < -0.39 is 16.1 Å². The fourth-order valence-electron chi connectivity index (χ4n) is 1.21. The Hall–Kier alpha value is -1.17. The average Bonchev–Trinajstić information content (AvgIpc) is 2.27. The van der Waals surface area contributed by atoms with Gasteiger partial charge in [0.25, 0.3) is 0 Å². The lowest BCUT2D eigenvalue weighted by molar-refractivity contribution is 0.245. The Kier molecular flexibility index (Phi) is 4.86. The number of aliphatic hydroxyl groups is 1. The smallest absolute Gasteiger partial charge is 0.216 e. The number of rotatable bonds is 5. The zero-order valence-electron chi connectivity index (χ0n) is 9.95. The van der Waals surface area contributed by atoms with E-state index in [9.17, 15) is 13.5 Å². The van der Waals surface area contributed by atoms with Crippen molar-refractivity contribution in [2.45, 2.75) is 6.10 Å². The number of sulfonamides is 1. The van der Waals surface area contributed by atoms with E-state index in [1.54, 1.807) is 6.08 Å². The maximum Gasteiger partial charge on any atom is 0.216 e. The van der Waals surface area contributed by atoms with E-state index in [1.807, 2.05) is 30.3 Å². The van der Waals surface area contributed by atoms with Gasteiger partial charge in [-0.3, -0.25) is 0 Å². The molecule has 0 saturated heterocycles. The van der Waals surface area contributed by atoms with Crippen molar-refractivity contribution in [2.75, 3.05) is 19.8 Å². The molecule has 0 radical (unpaired) electrons. The molecule has 17 heavy (non-hydrogen) atoms. The van der Waals surface area contributed by atoms with Crippen LogP contribution in [0.4, 0.5) is 0 Å². The topological polar surface area (TPSA) is 57.6 Å². The van der Waals surface area contributed by atoms with Gasteiger partial charge < -0.3 is 5.11 Å². The van der Waals surface area contributed by atoms with Crippen LogP contribution >= 0.6 is 0 Å². The lowest BCUT2D eigenvalue weighted by Gasteiger charge is -2.12. The van der Waals surface area contributed by atoms with Gasteiger partial charge in [0.2, 0.25) is 10.0 Å². The van der Waals surface area contributed by atoms with Crippen molar-refractivity contribution >= 4 is 16.1 Å². The van der Waals surface area contributed by atoms with Gasteiger partial charge in [0.1, 0.15) is 0 Å². The second-order valence-electron chi connectivity index (χ2n) is 3.90. The summed E-state index contributed by atoms with van der Waals surface area (Å²) in [5.41, 5.74) is 0.925. The van der Waals surface area contributed by atoms with Crippen LogP contribution in [0.25, 0.3) is 6.08 Å². The normalized spacial score (nSPS) is 14.4. The quantitative estimate of drug-likeness (QED) is 0.852. The molecule has 0 bridgehead atoms. The second kappa shape index (κ2) is 5.95. The summed E-state index contributed by atoms with van der Waals surface area (Å²) in [6, 6.07) is 9.41. The van der Waals surface area contributed by atoms with Crippen molar-refractivity contribution in [2.24, 2.45) is 0 Å². The van der Waals surface area contributed by atoms with Gasteiger partial charge in [0, 0.05) is 14.1 Å². The molecule has 1 atom stereocenters. The van der Waals surface area contributed by atoms with Crippen molar-refractivity contribution < 1.29 is 13.5 Å². The van der Waals surface area contributed by atoms with Gasteiger partial charge in [0.05, 0.1) is 11.9 Å². The number of hydrogen-bond acceptors (Lipinski definition) is 3. The summed E-state index contributed by atoms with van der Waals surface area (Å²) in [5, 5.41) is 9.60. The molecular weight excluding hydrogens is 238 g/mol. The maximum atomic E-state index is 11.5. The Morgan fingerprint density at radius 2 is 1.88 bits per heavy atom. The van der Waals surface area contributed by atoms with E-state index in [1.165, 1.54) is 20.2 Å². The fraction of sp³-hybridized carbons (Fsp3) is 0.333. The highest BCUT2D eigenvalue weighted by atomic mass is 32.2. The van der Waals surface area contributed by atoms with Gasteiger partial charge in [-0.1, -0.05) is 42.5 Å². The zero-order valence-corrected chi connectivity index (χ0v) is 10.8. The molecule has 1 N–H and O–H groups in total. The van der Waals surface area contributed by atoms with E-state index in [2.05, 4.69) is 0 Å². The predicted octanol–water partition coefficient (Wildman–Crippen LogP) is 0.952. The summed E-state index contributed by atoms with van der Waals surface area (Å²) >= 11 is 0. The molecule has 0 aliphatic heterocycles. The third-order valence-electron chi connectivity index (χ3n) is 2.25. The van der Waals surface area contributed by atoms with Crippen molar-refractivity contribution in [1.82, 2.24) is 4.31 Å². The van der Waals surface area contributed by atoms with Crippen LogP contribution in [0.3, 0.4) is 0 Å². The number of benzene rings is 1. The first-order valence-corrected chi connectivity index (χ1v) is 6.84. The first-order chi connectivity index (χ1) is 7.92. The van der Waals surface area contributed by atoms with Gasteiger partial charge >= 0.3 is 0 Å². The second-order valence-corrected chi connectivity index (χ2v) is 6.13. The van der Waals surface area contributed by atoms with Crippen molar-refractivity contribution in [3.05, 3.63) is 42.0 Å². The highest BCUT2D eigenvalue weighted by Gasteiger charge is 2.17. The van der Waals surface area contributed by atoms with Crippen LogP contribution in [0.2, 0.25) is 0 Å². The molecule has 5 heteroatoms. The Morgan fingerprint density at radius 1 is 1.29 bits per heavy atom. The van der Waals surface area contributed by atoms with E-state index in [-0.39, 0.29) is 5.75 Å². The van der Waals surface area contributed by atoms with Crippen molar-refractivity contribution in [3.63, 3.8) is 0 Å². The van der Waals surface area contributed by atoms with Crippen LogP contribution in [0.15, 0.2) is 36.4 Å². The molecule has 1 unspecified atom stereocenters. The van der Waals surface area contributed by atoms with Crippen molar-refractivity contribution in [3.8, 4) is 0 Å². The van der Waals surface area contributed by atoms with E-state index >= 15 is 0 Å². The lowest BCUT2D eigenvalue weighted by Crippen LogP contribution is -2.30. The Bertz CT molecular complexity index is 466. The summed E-state index contributed by atoms with van der Waals surface area (Å²) < 4.78 is 24.1. The van der Waals surface area contributed by atoms with Crippen molar-refractivity contribution in [1.29, 1.82) is 0 Å². The molecule has 0 spiro atoms. The summed E-state index contributed by atoms with van der Waals surface area (Å²) in [6.45, 7) is 0. The number of hydrogen-bond donors (Lipinski definition) is 1. The van der Waals surface area contributed by atoms with Gasteiger partial charge in [0.15, 0.2) is 0 Å². The minimum absolute atomic E-state index is 0.302. The molecule has 0 amide bonds. The third-order valence-corrected chi connectivity index (χ3v) is 4.12. The SMILES string of the molecule is CN(C)S(=O)(=O)CC(O)/C=C/c1ccccc1.